The Hall–Kier alpha value is -1.63. The van der Waals surface area contributed by atoms with Crippen molar-refractivity contribution in [3.8, 4) is 0 Å². The van der Waals surface area contributed by atoms with Crippen LogP contribution >= 0.6 is 0 Å². The van der Waals surface area contributed by atoms with Gasteiger partial charge in [0.15, 0.2) is 0 Å². The van der Waals surface area contributed by atoms with E-state index in [9.17, 15) is 0 Å². The van der Waals surface area contributed by atoms with Gasteiger partial charge < -0.3 is 0 Å². The van der Waals surface area contributed by atoms with E-state index in [-0.39, 0.29) is 0 Å². The lowest BCUT2D eigenvalue weighted by Crippen LogP contribution is -1.69. The first-order valence-corrected chi connectivity index (χ1v) is 4.28. The minimum absolute atomic E-state index is 0.848. The van der Waals surface area contributed by atoms with Crippen molar-refractivity contribution in [2.24, 2.45) is 4.99 Å². The number of hydrogen-bond donors (Lipinski definition) is 0. The van der Waals surface area contributed by atoms with Crippen molar-refractivity contribution >= 4 is 11.9 Å². The normalized spacial score (nSPS) is 11.1. The van der Waals surface area contributed by atoms with Gasteiger partial charge in [-0.3, -0.25) is 4.99 Å². The zero-order valence-electron chi connectivity index (χ0n) is 7.56. The van der Waals surface area contributed by atoms with Gasteiger partial charge in [-0.2, -0.15) is 0 Å². The van der Waals surface area contributed by atoms with Crippen LogP contribution < -0.4 is 0 Å². The van der Waals surface area contributed by atoms with Crippen molar-refractivity contribution in [2.75, 3.05) is 0 Å². The molecule has 1 aromatic rings. The molecule has 0 heterocycles. The van der Waals surface area contributed by atoms with Crippen LogP contribution in [0.4, 0.5) is 5.69 Å². The Balaban J connectivity index is 2.41. The van der Waals surface area contributed by atoms with E-state index in [1.165, 1.54) is 0 Å². The highest BCUT2D eigenvalue weighted by Gasteiger charge is 1.80. The van der Waals surface area contributed by atoms with Gasteiger partial charge in [0.2, 0.25) is 0 Å². The topological polar surface area (TPSA) is 12.4 Å². The molecule has 0 amide bonds. The van der Waals surface area contributed by atoms with Crippen molar-refractivity contribution in [1.29, 1.82) is 0 Å². The van der Waals surface area contributed by atoms with Crippen LogP contribution in [-0.2, 0) is 0 Å². The number of rotatable bonds is 4. The van der Waals surface area contributed by atoms with Crippen LogP contribution in [0.5, 0.6) is 0 Å². The molecule has 1 heteroatoms. The van der Waals surface area contributed by atoms with Crippen molar-refractivity contribution in [1.82, 2.24) is 0 Å². The van der Waals surface area contributed by atoms with Gasteiger partial charge in [-0.1, -0.05) is 43.0 Å². The maximum absolute atomic E-state index is 4.27. The maximum atomic E-state index is 4.27. The van der Waals surface area contributed by atoms with E-state index < -0.39 is 0 Å². The van der Waals surface area contributed by atoms with E-state index in [0.29, 0.717) is 0 Å². The standard InChI is InChI=1S/C12H13N/c1-2-3-4-8-11-13-12-9-6-5-7-10-12/h2-7,9-11H,1,8H2/b4-3+,13-11?. The largest absolute Gasteiger partial charge is 0.261 e. The van der Waals surface area contributed by atoms with Crippen molar-refractivity contribution in [3.63, 3.8) is 0 Å². The molecule has 0 aromatic heterocycles. The number of para-hydroxylation sites is 1. The molecule has 1 nitrogen and oxygen atoms in total. The van der Waals surface area contributed by atoms with E-state index >= 15 is 0 Å². The molecule has 0 aliphatic carbocycles. The second kappa shape index (κ2) is 5.95. The van der Waals surface area contributed by atoms with Crippen LogP contribution in [0.15, 0.2) is 60.1 Å². The summed E-state index contributed by atoms with van der Waals surface area (Å²) < 4.78 is 0. The van der Waals surface area contributed by atoms with Crippen LogP contribution in [0.1, 0.15) is 6.42 Å². The summed E-state index contributed by atoms with van der Waals surface area (Å²) in [7, 11) is 0. The summed E-state index contributed by atoms with van der Waals surface area (Å²) in [6.07, 6.45) is 8.42. The summed E-state index contributed by atoms with van der Waals surface area (Å²) in [5, 5.41) is 0. The predicted octanol–water partition coefficient (Wildman–Crippen LogP) is 3.52. The van der Waals surface area contributed by atoms with Crippen LogP contribution in [0.2, 0.25) is 0 Å². The fourth-order valence-corrected chi connectivity index (χ4v) is 0.908. The van der Waals surface area contributed by atoms with Crippen molar-refractivity contribution < 1.29 is 0 Å². The van der Waals surface area contributed by atoms with E-state index in [0.717, 1.165) is 12.1 Å². The van der Waals surface area contributed by atoms with Gasteiger partial charge in [-0.15, -0.1) is 0 Å². The first-order chi connectivity index (χ1) is 6.43. The fourth-order valence-electron chi connectivity index (χ4n) is 0.908. The smallest absolute Gasteiger partial charge is 0.0625 e. The van der Waals surface area contributed by atoms with Crippen LogP contribution in [0, 0.1) is 0 Å². The SMILES string of the molecule is C=C/C=C/CC=Nc1ccccc1. The fraction of sp³-hybridized carbons (Fsp3) is 0.0833. The third-order valence-corrected chi connectivity index (χ3v) is 1.51. The lowest BCUT2D eigenvalue weighted by molar-refractivity contribution is 1.46. The molecule has 0 aliphatic heterocycles. The summed E-state index contributed by atoms with van der Waals surface area (Å²) in [6.45, 7) is 3.59. The number of hydrogen-bond acceptors (Lipinski definition) is 1. The Morgan fingerprint density at radius 1 is 1.23 bits per heavy atom. The van der Waals surface area contributed by atoms with Crippen molar-refractivity contribution in [2.45, 2.75) is 6.42 Å². The molecule has 0 aliphatic rings. The van der Waals surface area contributed by atoms with E-state index in [1.807, 2.05) is 48.7 Å². The second-order valence-electron chi connectivity index (χ2n) is 2.55. The predicted molar refractivity (Wildman–Crippen MR) is 58.5 cm³/mol. The first-order valence-electron chi connectivity index (χ1n) is 4.28. The summed E-state index contributed by atoms with van der Waals surface area (Å²) in [5.41, 5.74) is 0.995. The summed E-state index contributed by atoms with van der Waals surface area (Å²) >= 11 is 0. The van der Waals surface area contributed by atoms with Gasteiger partial charge in [0.05, 0.1) is 5.69 Å². The molecule has 66 valence electrons. The van der Waals surface area contributed by atoms with Gasteiger partial charge in [0.25, 0.3) is 0 Å². The molecular weight excluding hydrogens is 158 g/mol. The van der Waals surface area contributed by atoms with Gasteiger partial charge in [0, 0.05) is 12.6 Å². The number of aliphatic imine (C=N–C) groups is 1. The maximum Gasteiger partial charge on any atom is 0.0625 e. The number of allylic oxidation sites excluding steroid dienone is 3. The zero-order chi connectivity index (χ0) is 9.36. The Labute approximate surface area is 79.1 Å². The van der Waals surface area contributed by atoms with Crippen LogP contribution in [0.3, 0.4) is 0 Å². The Morgan fingerprint density at radius 2 is 2.00 bits per heavy atom. The number of nitrogens with zero attached hydrogens (tertiary/aromatic N) is 1. The quantitative estimate of drug-likeness (QED) is 0.485. The molecule has 0 saturated heterocycles. The molecule has 0 bridgehead atoms. The minimum atomic E-state index is 0.848. The average Bonchev–Trinajstić information content (AvgIpc) is 2.19. The van der Waals surface area contributed by atoms with Crippen LogP contribution in [0.25, 0.3) is 0 Å². The van der Waals surface area contributed by atoms with E-state index in [2.05, 4.69) is 11.6 Å². The molecule has 0 fully saturated rings. The third-order valence-electron chi connectivity index (χ3n) is 1.51. The van der Waals surface area contributed by atoms with Gasteiger partial charge in [-0.05, 0) is 12.1 Å². The van der Waals surface area contributed by atoms with Gasteiger partial charge in [0.1, 0.15) is 0 Å². The Kier molecular flexibility index (Phi) is 4.33. The molecular formula is C12H13N. The molecule has 0 unspecified atom stereocenters. The van der Waals surface area contributed by atoms with E-state index in [4.69, 9.17) is 0 Å². The lowest BCUT2D eigenvalue weighted by Gasteiger charge is -1.89. The van der Waals surface area contributed by atoms with E-state index in [1.54, 1.807) is 6.08 Å². The average molecular weight is 171 g/mol. The molecule has 0 saturated carbocycles. The van der Waals surface area contributed by atoms with Gasteiger partial charge >= 0.3 is 0 Å². The Bertz CT molecular complexity index is 296. The highest BCUT2D eigenvalue weighted by molar-refractivity contribution is 5.64. The number of benzene rings is 1. The summed E-state index contributed by atoms with van der Waals surface area (Å²) in [6, 6.07) is 9.90. The minimum Gasteiger partial charge on any atom is -0.261 e. The Morgan fingerprint density at radius 3 is 2.69 bits per heavy atom. The first kappa shape index (κ1) is 9.46. The third kappa shape index (κ3) is 4.06. The highest BCUT2D eigenvalue weighted by Crippen LogP contribution is 2.08. The van der Waals surface area contributed by atoms with Gasteiger partial charge in [-0.25, -0.2) is 0 Å². The monoisotopic (exact) mass is 171 g/mol. The molecule has 0 spiro atoms. The molecule has 0 atom stereocenters. The molecule has 0 N–H and O–H groups in total. The molecule has 0 radical (unpaired) electrons. The molecule has 13 heavy (non-hydrogen) atoms. The molecule has 1 aromatic carbocycles. The lowest BCUT2D eigenvalue weighted by atomic mass is 10.3. The van der Waals surface area contributed by atoms with Crippen molar-refractivity contribution in [3.05, 3.63) is 55.1 Å². The summed E-state index contributed by atoms with van der Waals surface area (Å²) in [5.74, 6) is 0. The van der Waals surface area contributed by atoms with Crippen LogP contribution in [-0.4, -0.2) is 6.21 Å². The molecule has 1 rings (SSSR count). The highest BCUT2D eigenvalue weighted by atomic mass is 14.7. The second-order valence-corrected chi connectivity index (χ2v) is 2.55. The summed E-state index contributed by atoms with van der Waals surface area (Å²) in [4.78, 5) is 4.27. The zero-order valence-corrected chi connectivity index (χ0v) is 7.56.